The van der Waals surface area contributed by atoms with E-state index in [0.29, 0.717) is 36.2 Å². The van der Waals surface area contributed by atoms with Gasteiger partial charge in [0.2, 0.25) is 5.92 Å². The lowest BCUT2D eigenvalue weighted by Crippen LogP contribution is -2.27. The second-order valence-corrected chi connectivity index (χ2v) is 6.61. The third-order valence-electron chi connectivity index (χ3n) is 4.54. The Hall–Kier alpha value is -1.50. The summed E-state index contributed by atoms with van der Waals surface area (Å²) in [5, 5.41) is 3.41. The maximum absolute atomic E-state index is 13.0. The molecule has 0 amide bonds. The number of aromatic nitrogens is 2. The average molecular weight is 343 g/mol. The second-order valence-electron chi connectivity index (χ2n) is 6.61. The van der Waals surface area contributed by atoms with E-state index in [1.807, 2.05) is 0 Å². The summed E-state index contributed by atoms with van der Waals surface area (Å²) in [7, 11) is 3.20. The second kappa shape index (κ2) is 8.55. The lowest BCUT2D eigenvalue weighted by molar-refractivity contribution is 0.00502. The molecule has 5 nitrogen and oxygen atoms in total. The van der Waals surface area contributed by atoms with Crippen LogP contribution in [0.2, 0.25) is 0 Å². The lowest BCUT2D eigenvalue weighted by Gasteiger charge is -2.30. The average Bonchev–Trinajstić information content (AvgIpc) is 2.54. The van der Waals surface area contributed by atoms with Crippen LogP contribution in [-0.2, 0) is 11.3 Å². The smallest absolute Gasteiger partial charge is 0.245 e. The van der Waals surface area contributed by atoms with Crippen molar-refractivity contribution in [1.82, 2.24) is 9.97 Å². The van der Waals surface area contributed by atoms with Crippen molar-refractivity contribution in [2.24, 2.45) is 5.92 Å². The molecule has 0 aliphatic heterocycles. The van der Waals surface area contributed by atoms with Gasteiger partial charge in [-0.1, -0.05) is 0 Å². The van der Waals surface area contributed by atoms with Gasteiger partial charge in [-0.3, -0.25) is 0 Å². The van der Waals surface area contributed by atoms with Gasteiger partial charge in [-0.25, -0.2) is 18.7 Å². The number of nitrogens with one attached hydrogen (secondary N) is 1. The lowest BCUT2D eigenvalue weighted by atomic mass is 9.83. The van der Waals surface area contributed by atoms with E-state index >= 15 is 0 Å². The molecule has 0 radical (unpaired) electrons. The Morgan fingerprint density at radius 2 is 1.92 bits per heavy atom. The van der Waals surface area contributed by atoms with Crippen LogP contribution in [-0.4, -0.2) is 36.2 Å². The van der Waals surface area contributed by atoms with Gasteiger partial charge in [-0.05, 0) is 44.9 Å². The first kappa shape index (κ1) is 18.8. The number of halogens is 2. The van der Waals surface area contributed by atoms with Crippen molar-refractivity contribution in [3.05, 3.63) is 12.0 Å². The fraction of sp³-hybridized carbons (Fsp3) is 0.765. The summed E-state index contributed by atoms with van der Waals surface area (Å²) in [6.07, 6.45) is 5.91. The Morgan fingerprint density at radius 1 is 1.21 bits per heavy atom. The van der Waals surface area contributed by atoms with Crippen molar-refractivity contribution in [2.75, 3.05) is 19.5 Å². The van der Waals surface area contributed by atoms with E-state index in [1.165, 1.54) is 6.33 Å². The first-order valence-electron chi connectivity index (χ1n) is 8.44. The van der Waals surface area contributed by atoms with E-state index in [2.05, 4.69) is 15.3 Å². The minimum absolute atomic E-state index is 0.0180. The molecule has 0 atom stereocenters. The van der Waals surface area contributed by atoms with Crippen LogP contribution in [0.25, 0.3) is 0 Å². The van der Waals surface area contributed by atoms with Crippen molar-refractivity contribution in [3.63, 3.8) is 0 Å². The number of nitrogens with zero attached hydrogens (tertiary/aromatic N) is 2. The molecule has 7 heteroatoms. The number of hydrogen-bond acceptors (Lipinski definition) is 5. The van der Waals surface area contributed by atoms with E-state index in [4.69, 9.17) is 9.47 Å². The molecule has 1 aromatic heterocycles. The van der Waals surface area contributed by atoms with Crippen LogP contribution in [0.4, 0.5) is 14.6 Å². The topological polar surface area (TPSA) is 56.3 Å². The van der Waals surface area contributed by atoms with Crippen LogP contribution in [0.1, 0.15) is 51.1 Å². The Bertz CT molecular complexity index is 515. The van der Waals surface area contributed by atoms with Crippen LogP contribution in [0.15, 0.2) is 6.33 Å². The predicted octanol–water partition coefficient (Wildman–Crippen LogP) is 4.04. The Balaban J connectivity index is 1.89. The van der Waals surface area contributed by atoms with Crippen molar-refractivity contribution >= 4 is 5.82 Å². The van der Waals surface area contributed by atoms with Crippen molar-refractivity contribution in [1.29, 1.82) is 0 Å². The fourth-order valence-corrected chi connectivity index (χ4v) is 3.21. The van der Waals surface area contributed by atoms with Crippen LogP contribution < -0.4 is 10.1 Å². The molecule has 1 fully saturated rings. The normalized spacial score (nSPS) is 21.5. The highest BCUT2D eigenvalue weighted by Gasteiger charge is 2.27. The minimum Gasteiger partial charge on any atom is -0.491 e. The number of hydrogen-bond donors (Lipinski definition) is 1. The third-order valence-corrected chi connectivity index (χ3v) is 4.54. The van der Waals surface area contributed by atoms with Gasteiger partial charge in [-0.2, -0.15) is 0 Å². The van der Waals surface area contributed by atoms with Gasteiger partial charge in [0.15, 0.2) is 11.6 Å². The monoisotopic (exact) mass is 343 g/mol. The zero-order valence-corrected chi connectivity index (χ0v) is 14.6. The minimum atomic E-state index is -2.55. The maximum atomic E-state index is 13.0. The highest BCUT2D eigenvalue weighted by Crippen LogP contribution is 2.34. The molecular formula is C17H27F2N3O2. The molecular weight excluding hydrogens is 316 g/mol. The molecule has 0 unspecified atom stereocenters. The van der Waals surface area contributed by atoms with E-state index in [-0.39, 0.29) is 12.5 Å². The van der Waals surface area contributed by atoms with Crippen LogP contribution in [0.3, 0.4) is 0 Å². The van der Waals surface area contributed by atoms with Crippen LogP contribution >= 0.6 is 0 Å². The van der Waals surface area contributed by atoms with Gasteiger partial charge in [0.1, 0.15) is 12.0 Å². The molecule has 0 aromatic carbocycles. The van der Waals surface area contributed by atoms with Crippen molar-refractivity contribution < 1.29 is 18.3 Å². The molecule has 1 aliphatic carbocycles. The molecule has 136 valence electrons. The standard InChI is InChI=1S/C17H27F2N3O2/c1-17(18,19)9-8-12-4-6-13(7-5-12)22-16-15(24-3)14(10-23-2)20-11-21-16/h11-13H,4-10H2,1-3H3,(H,20,21,22). The van der Waals surface area contributed by atoms with E-state index in [0.717, 1.165) is 32.6 Å². The summed E-state index contributed by atoms with van der Waals surface area (Å²) >= 11 is 0. The number of rotatable bonds is 8. The van der Waals surface area contributed by atoms with E-state index in [9.17, 15) is 8.78 Å². The number of methoxy groups -OCH3 is 2. The van der Waals surface area contributed by atoms with Gasteiger partial charge in [-0.15, -0.1) is 0 Å². The Labute approximate surface area is 142 Å². The summed E-state index contributed by atoms with van der Waals surface area (Å²) < 4.78 is 36.5. The maximum Gasteiger partial charge on any atom is 0.245 e. The van der Waals surface area contributed by atoms with Gasteiger partial charge in [0.25, 0.3) is 0 Å². The molecule has 1 saturated carbocycles. The fourth-order valence-electron chi connectivity index (χ4n) is 3.21. The van der Waals surface area contributed by atoms with Gasteiger partial charge in [0.05, 0.1) is 13.7 Å². The predicted molar refractivity (Wildman–Crippen MR) is 88.5 cm³/mol. The van der Waals surface area contributed by atoms with Crippen LogP contribution in [0.5, 0.6) is 5.75 Å². The number of ether oxygens (including phenoxy) is 2. The molecule has 1 heterocycles. The SMILES string of the molecule is COCc1ncnc(NC2CCC(CCC(C)(F)F)CC2)c1OC. The van der Waals surface area contributed by atoms with Gasteiger partial charge in [0, 0.05) is 19.6 Å². The first-order valence-corrected chi connectivity index (χ1v) is 8.44. The van der Waals surface area contributed by atoms with Gasteiger partial charge < -0.3 is 14.8 Å². The third kappa shape index (κ3) is 5.54. The van der Waals surface area contributed by atoms with E-state index < -0.39 is 5.92 Å². The molecule has 1 aromatic rings. The largest absolute Gasteiger partial charge is 0.491 e. The molecule has 24 heavy (non-hydrogen) atoms. The highest BCUT2D eigenvalue weighted by atomic mass is 19.3. The Morgan fingerprint density at radius 3 is 2.50 bits per heavy atom. The molecule has 0 bridgehead atoms. The Kier molecular flexibility index (Phi) is 6.71. The quantitative estimate of drug-likeness (QED) is 0.772. The number of alkyl halides is 2. The summed E-state index contributed by atoms with van der Waals surface area (Å²) in [6, 6.07) is 0.280. The molecule has 0 spiro atoms. The van der Waals surface area contributed by atoms with Crippen molar-refractivity contribution in [2.45, 2.75) is 64.0 Å². The number of anilines is 1. The zero-order chi connectivity index (χ0) is 17.6. The van der Waals surface area contributed by atoms with Gasteiger partial charge >= 0.3 is 0 Å². The summed E-state index contributed by atoms with van der Waals surface area (Å²) in [6.45, 7) is 1.36. The molecule has 2 rings (SSSR count). The highest BCUT2D eigenvalue weighted by molar-refractivity contribution is 5.52. The first-order chi connectivity index (χ1) is 11.4. The van der Waals surface area contributed by atoms with E-state index in [1.54, 1.807) is 14.2 Å². The van der Waals surface area contributed by atoms with Crippen molar-refractivity contribution in [3.8, 4) is 5.75 Å². The molecule has 0 saturated heterocycles. The summed E-state index contributed by atoms with van der Waals surface area (Å²) in [5.41, 5.74) is 0.705. The summed E-state index contributed by atoms with van der Waals surface area (Å²) in [4.78, 5) is 8.45. The zero-order valence-electron chi connectivity index (χ0n) is 14.6. The van der Waals surface area contributed by atoms with Crippen LogP contribution in [0, 0.1) is 5.92 Å². The molecule has 1 N–H and O–H groups in total. The summed E-state index contributed by atoms with van der Waals surface area (Å²) in [5.74, 6) is -0.887. The molecule has 1 aliphatic rings.